The molecule has 0 radical (unpaired) electrons. The molecule has 0 unspecified atom stereocenters. The lowest BCUT2D eigenvalue weighted by atomic mass is 10.1. The summed E-state index contributed by atoms with van der Waals surface area (Å²) in [7, 11) is 1.59. The number of benzene rings is 1. The average molecular weight is 229 g/mol. The molecule has 0 atom stereocenters. The molecule has 2 heterocycles. The van der Waals surface area contributed by atoms with Gasteiger partial charge in [0.1, 0.15) is 5.75 Å². The number of Topliss-reactive ketones (excluding diaryl/α,β-unsaturated/α-hetero) is 1. The quantitative estimate of drug-likeness (QED) is 0.753. The Morgan fingerprint density at radius 1 is 1.18 bits per heavy atom. The molecule has 1 aromatic heterocycles. The van der Waals surface area contributed by atoms with E-state index in [1.165, 1.54) is 4.57 Å². The third-order valence-electron chi connectivity index (χ3n) is 3.11. The topological polar surface area (TPSA) is 48.3 Å². The lowest BCUT2D eigenvalue weighted by Gasteiger charge is -2.13. The highest BCUT2D eigenvalue weighted by atomic mass is 16.5. The maximum Gasteiger partial charge on any atom is 0.232 e. The Morgan fingerprint density at radius 3 is 2.76 bits per heavy atom. The molecule has 2 aromatic rings. The van der Waals surface area contributed by atoms with Crippen molar-refractivity contribution < 1.29 is 14.3 Å². The van der Waals surface area contributed by atoms with Crippen molar-refractivity contribution in [2.45, 2.75) is 12.8 Å². The molecule has 0 bridgehead atoms. The van der Waals surface area contributed by atoms with E-state index in [-0.39, 0.29) is 11.7 Å². The number of carbonyl (C=O) groups is 2. The van der Waals surface area contributed by atoms with Gasteiger partial charge in [-0.1, -0.05) is 0 Å². The lowest BCUT2D eigenvalue weighted by molar-refractivity contribution is 0.0821. The van der Waals surface area contributed by atoms with E-state index in [0.29, 0.717) is 18.5 Å². The Morgan fingerprint density at radius 2 is 2.00 bits per heavy atom. The van der Waals surface area contributed by atoms with Gasteiger partial charge in [-0.15, -0.1) is 0 Å². The van der Waals surface area contributed by atoms with Gasteiger partial charge >= 0.3 is 0 Å². The zero-order chi connectivity index (χ0) is 12.0. The van der Waals surface area contributed by atoms with Crippen LogP contribution in [0, 0.1) is 0 Å². The van der Waals surface area contributed by atoms with Crippen LogP contribution >= 0.6 is 0 Å². The summed E-state index contributed by atoms with van der Waals surface area (Å²) in [6.07, 6.45) is 0.605. The first kappa shape index (κ1) is 10.1. The minimum atomic E-state index is -0.0141. The fourth-order valence-corrected chi connectivity index (χ4v) is 2.25. The summed E-state index contributed by atoms with van der Waals surface area (Å²) in [5, 5.41) is 0.864. The summed E-state index contributed by atoms with van der Waals surface area (Å²) in [6.45, 7) is 0. The number of nitrogens with zero attached hydrogens (tertiary/aromatic N) is 1. The fourth-order valence-electron chi connectivity index (χ4n) is 2.25. The third kappa shape index (κ3) is 1.37. The van der Waals surface area contributed by atoms with E-state index in [1.54, 1.807) is 19.2 Å². The highest BCUT2D eigenvalue weighted by molar-refractivity contribution is 6.09. The summed E-state index contributed by atoms with van der Waals surface area (Å²) in [6, 6.07) is 7.20. The Bertz CT molecular complexity index is 639. The number of rotatable bonds is 1. The second-order valence-corrected chi connectivity index (χ2v) is 4.11. The van der Waals surface area contributed by atoms with E-state index in [1.807, 2.05) is 12.1 Å². The van der Waals surface area contributed by atoms with E-state index in [4.69, 9.17) is 4.74 Å². The molecule has 0 N–H and O–H groups in total. The summed E-state index contributed by atoms with van der Waals surface area (Å²) >= 11 is 0. The molecule has 0 saturated carbocycles. The van der Waals surface area contributed by atoms with Gasteiger partial charge in [0.15, 0.2) is 5.78 Å². The van der Waals surface area contributed by atoms with Crippen molar-refractivity contribution in [2.24, 2.45) is 0 Å². The number of fused-ring (bicyclic) bond motifs is 3. The van der Waals surface area contributed by atoms with E-state index in [0.717, 1.165) is 16.7 Å². The summed E-state index contributed by atoms with van der Waals surface area (Å²) in [5.74, 6) is 0.736. The minimum Gasteiger partial charge on any atom is -0.497 e. The molecule has 86 valence electrons. The molecular formula is C13H11NO3. The van der Waals surface area contributed by atoms with Crippen LogP contribution in [0.3, 0.4) is 0 Å². The summed E-state index contributed by atoms with van der Waals surface area (Å²) in [4.78, 5) is 23.6. The van der Waals surface area contributed by atoms with Crippen molar-refractivity contribution in [3.05, 3.63) is 30.0 Å². The number of methoxy groups -OCH3 is 1. The van der Waals surface area contributed by atoms with Crippen LogP contribution in [-0.2, 0) is 0 Å². The summed E-state index contributed by atoms with van der Waals surface area (Å²) < 4.78 is 6.64. The van der Waals surface area contributed by atoms with E-state index >= 15 is 0 Å². The minimum absolute atomic E-state index is 0.0141. The Balaban J connectivity index is 2.33. The maximum absolute atomic E-state index is 11.8. The Hall–Kier alpha value is -2.10. The zero-order valence-corrected chi connectivity index (χ0v) is 9.40. The zero-order valence-electron chi connectivity index (χ0n) is 9.40. The van der Waals surface area contributed by atoms with Gasteiger partial charge < -0.3 is 4.74 Å². The number of hydrogen-bond acceptors (Lipinski definition) is 3. The monoisotopic (exact) mass is 229 g/mol. The molecule has 0 spiro atoms. The molecule has 1 aliphatic heterocycles. The van der Waals surface area contributed by atoms with Gasteiger partial charge in [0.2, 0.25) is 5.91 Å². The van der Waals surface area contributed by atoms with E-state index in [9.17, 15) is 9.59 Å². The smallest absolute Gasteiger partial charge is 0.232 e. The number of carbonyl (C=O) groups excluding carboxylic acids is 2. The molecule has 0 saturated heterocycles. The van der Waals surface area contributed by atoms with Crippen LogP contribution in [0.5, 0.6) is 5.75 Å². The molecule has 4 heteroatoms. The van der Waals surface area contributed by atoms with Crippen LogP contribution in [-0.4, -0.2) is 23.4 Å². The third-order valence-corrected chi connectivity index (χ3v) is 3.11. The molecule has 0 amide bonds. The van der Waals surface area contributed by atoms with Crippen molar-refractivity contribution in [1.29, 1.82) is 0 Å². The highest BCUT2D eigenvalue weighted by Gasteiger charge is 2.25. The first-order valence-corrected chi connectivity index (χ1v) is 5.46. The number of aromatic nitrogens is 1. The van der Waals surface area contributed by atoms with Crippen LogP contribution in [0.2, 0.25) is 0 Å². The molecule has 17 heavy (non-hydrogen) atoms. The second kappa shape index (κ2) is 3.45. The van der Waals surface area contributed by atoms with Gasteiger partial charge in [-0.2, -0.15) is 0 Å². The molecule has 0 aliphatic carbocycles. The molecule has 1 aromatic carbocycles. The number of ketones is 1. The van der Waals surface area contributed by atoms with E-state index < -0.39 is 0 Å². The van der Waals surface area contributed by atoms with Gasteiger partial charge in [0, 0.05) is 18.2 Å². The highest BCUT2D eigenvalue weighted by Crippen LogP contribution is 2.28. The molecule has 3 rings (SSSR count). The predicted molar refractivity (Wildman–Crippen MR) is 62.7 cm³/mol. The van der Waals surface area contributed by atoms with Crippen molar-refractivity contribution in [3.8, 4) is 5.75 Å². The fraction of sp³-hybridized carbons (Fsp3) is 0.231. The predicted octanol–water partition coefficient (Wildman–Crippen LogP) is 2.27. The number of ether oxygens (including phenoxy) is 1. The standard InChI is InChI=1S/C13H11NO3/c1-17-9-2-3-10-8(6-9)7-11-12(15)4-5-13(16)14(10)11/h2-3,6-7H,4-5H2,1H3. The average Bonchev–Trinajstić information content (AvgIpc) is 2.73. The maximum atomic E-state index is 11.8. The van der Waals surface area contributed by atoms with E-state index in [2.05, 4.69) is 0 Å². The van der Waals surface area contributed by atoms with Crippen molar-refractivity contribution >= 4 is 22.6 Å². The molecule has 4 nitrogen and oxygen atoms in total. The first-order valence-electron chi connectivity index (χ1n) is 5.46. The number of hydrogen-bond donors (Lipinski definition) is 0. The Labute approximate surface area is 97.8 Å². The van der Waals surface area contributed by atoms with Gasteiger partial charge in [0.25, 0.3) is 0 Å². The van der Waals surface area contributed by atoms with Gasteiger partial charge in [-0.3, -0.25) is 14.2 Å². The van der Waals surface area contributed by atoms with Crippen molar-refractivity contribution in [2.75, 3.05) is 7.11 Å². The molecule has 0 fully saturated rings. The Kier molecular flexibility index (Phi) is 2.04. The van der Waals surface area contributed by atoms with Crippen molar-refractivity contribution in [3.63, 3.8) is 0 Å². The first-order chi connectivity index (χ1) is 8.20. The molecule has 1 aliphatic rings. The molecular weight excluding hydrogens is 218 g/mol. The lowest BCUT2D eigenvalue weighted by Crippen LogP contribution is -2.23. The normalized spacial score (nSPS) is 15.1. The summed E-state index contributed by atoms with van der Waals surface area (Å²) in [5.41, 5.74) is 1.27. The SMILES string of the molecule is COc1ccc2c(c1)cc1n2C(=O)CCC1=O. The van der Waals surface area contributed by atoms with Crippen molar-refractivity contribution in [1.82, 2.24) is 4.57 Å². The van der Waals surface area contributed by atoms with Gasteiger partial charge in [-0.25, -0.2) is 0 Å². The largest absolute Gasteiger partial charge is 0.497 e. The van der Waals surface area contributed by atoms with Gasteiger partial charge in [0.05, 0.1) is 18.3 Å². The van der Waals surface area contributed by atoms with Crippen LogP contribution < -0.4 is 4.74 Å². The van der Waals surface area contributed by atoms with Crippen LogP contribution in [0.25, 0.3) is 10.9 Å². The van der Waals surface area contributed by atoms with Gasteiger partial charge in [-0.05, 0) is 24.3 Å². The van der Waals surface area contributed by atoms with Crippen LogP contribution in [0.4, 0.5) is 0 Å². The van der Waals surface area contributed by atoms with Crippen LogP contribution in [0.15, 0.2) is 24.3 Å². The van der Waals surface area contributed by atoms with Crippen LogP contribution in [0.1, 0.15) is 28.1 Å². The second-order valence-electron chi connectivity index (χ2n) is 4.11.